The molecule has 1 aromatic carbocycles. The van der Waals surface area contributed by atoms with Crippen molar-refractivity contribution in [3.63, 3.8) is 0 Å². The first kappa shape index (κ1) is 18.9. The first-order valence-corrected chi connectivity index (χ1v) is 8.81. The van der Waals surface area contributed by atoms with Crippen LogP contribution in [0.5, 0.6) is 5.75 Å². The highest BCUT2D eigenvalue weighted by atomic mass is 16.5. The number of hydrogen-bond acceptors (Lipinski definition) is 6. The predicted molar refractivity (Wildman–Crippen MR) is 101 cm³/mol. The number of carbonyl (C=O) groups is 1. The normalized spacial score (nSPS) is 14.9. The largest absolute Gasteiger partial charge is 0.497 e. The zero-order chi connectivity index (χ0) is 19.6. The molecule has 0 radical (unpaired) electrons. The Morgan fingerprint density at radius 1 is 1.26 bits per heavy atom. The Balaban J connectivity index is 1.76. The van der Waals surface area contributed by atoms with Crippen LogP contribution in [-0.4, -0.2) is 60.2 Å². The molecule has 8 heteroatoms. The quantitative estimate of drug-likeness (QED) is 0.811. The molecule has 1 aliphatic heterocycles. The van der Waals surface area contributed by atoms with Gasteiger partial charge in [-0.2, -0.15) is 0 Å². The van der Waals surface area contributed by atoms with Crippen LogP contribution in [0.2, 0.25) is 0 Å². The van der Waals surface area contributed by atoms with E-state index in [2.05, 4.69) is 9.97 Å². The number of ether oxygens (including phenoxy) is 1. The van der Waals surface area contributed by atoms with Gasteiger partial charge in [-0.05, 0) is 24.1 Å². The third-order valence-electron chi connectivity index (χ3n) is 4.74. The van der Waals surface area contributed by atoms with Crippen molar-refractivity contribution < 1.29 is 14.6 Å². The Labute approximate surface area is 157 Å². The second kappa shape index (κ2) is 7.79. The van der Waals surface area contributed by atoms with Gasteiger partial charge in [0.15, 0.2) is 6.10 Å². The van der Waals surface area contributed by atoms with Gasteiger partial charge < -0.3 is 19.6 Å². The molecule has 2 aromatic rings. The lowest BCUT2D eigenvalue weighted by molar-refractivity contribution is -0.140. The van der Waals surface area contributed by atoms with E-state index in [4.69, 9.17) is 4.74 Å². The molecule has 1 atom stereocenters. The molecule has 8 nitrogen and oxygen atoms in total. The maximum atomic E-state index is 12.7. The number of aliphatic hydroxyl groups is 1. The molecule has 1 aromatic heterocycles. The predicted octanol–water partition coefficient (Wildman–Crippen LogP) is 0.505. The lowest BCUT2D eigenvalue weighted by Gasteiger charge is -2.23. The van der Waals surface area contributed by atoms with Crippen molar-refractivity contribution in [2.24, 2.45) is 0 Å². The molecule has 0 fully saturated rings. The minimum absolute atomic E-state index is 0.172. The summed E-state index contributed by atoms with van der Waals surface area (Å²) in [6, 6.07) is 6.75. The number of nitrogens with one attached hydrogen (secondary N) is 1. The maximum Gasteiger partial charge on any atom is 0.256 e. The van der Waals surface area contributed by atoms with E-state index in [9.17, 15) is 14.7 Å². The first-order chi connectivity index (χ1) is 12.9. The number of H-pyrrole nitrogens is 1. The smallest absolute Gasteiger partial charge is 0.256 e. The van der Waals surface area contributed by atoms with Crippen LogP contribution in [0.3, 0.4) is 0 Å². The van der Waals surface area contributed by atoms with E-state index < -0.39 is 6.10 Å². The van der Waals surface area contributed by atoms with Crippen LogP contribution in [0.15, 0.2) is 29.1 Å². The van der Waals surface area contributed by atoms with Crippen LogP contribution >= 0.6 is 0 Å². The SMILES string of the molecule is COc1ccc([C@@H](O)C(=O)N2CCc3nc(N(C)C)[nH]c(=O)c3CC2)cc1. The number of carbonyl (C=O) groups excluding carboxylic acids is 1. The van der Waals surface area contributed by atoms with E-state index in [0.29, 0.717) is 54.4 Å². The van der Waals surface area contributed by atoms with Gasteiger partial charge in [0.25, 0.3) is 11.5 Å². The number of aromatic nitrogens is 2. The minimum Gasteiger partial charge on any atom is -0.497 e. The minimum atomic E-state index is -1.25. The highest BCUT2D eigenvalue weighted by Crippen LogP contribution is 2.21. The molecule has 0 unspecified atom stereocenters. The van der Waals surface area contributed by atoms with Gasteiger partial charge in [-0.1, -0.05) is 12.1 Å². The van der Waals surface area contributed by atoms with Gasteiger partial charge >= 0.3 is 0 Å². The number of amides is 1. The molecule has 1 aliphatic rings. The zero-order valence-corrected chi connectivity index (χ0v) is 15.7. The van der Waals surface area contributed by atoms with Crippen molar-refractivity contribution >= 4 is 11.9 Å². The highest BCUT2D eigenvalue weighted by Gasteiger charge is 2.27. The highest BCUT2D eigenvalue weighted by molar-refractivity contribution is 5.82. The van der Waals surface area contributed by atoms with Crippen LogP contribution in [0.1, 0.15) is 22.9 Å². The van der Waals surface area contributed by atoms with E-state index >= 15 is 0 Å². The van der Waals surface area contributed by atoms with E-state index in [1.165, 1.54) is 0 Å². The number of nitrogens with zero attached hydrogens (tertiary/aromatic N) is 3. The van der Waals surface area contributed by atoms with Crippen LogP contribution < -0.4 is 15.2 Å². The fourth-order valence-corrected chi connectivity index (χ4v) is 3.13. The van der Waals surface area contributed by atoms with Crippen molar-refractivity contribution in [3.05, 3.63) is 51.4 Å². The van der Waals surface area contributed by atoms with Crippen LogP contribution in [-0.2, 0) is 17.6 Å². The van der Waals surface area contributed by atoms with Crippen LogP contribution in [0.4, 0.5) is 5.95 Å². The molecule has 0 spiro atoms. The zero-order valence-electron chi connectivity index (χ0n) is 15.7. The lowest BCUT2D eigenvalue weighted by atomic mass is 10.1. The summed E-state index contributed by atoms with van der Waals surface area (Å²) in [5, 5.41) is 10.5. The standard InChI is InChI=1S/C19H24N4O4/c1-22(2)19-20-15-9-11-23(10-8-14(15)17(25)21-19)18(26)16(24)12-4-6-13(27-3)7-5-12/h4-7,16,24H,8-11H2,1-3H3,(H,20,21,25)/t16-/m1/s1. The topological polar surface area (TPSA) is 98.8 Å². The number of aromatic amines is 1. The Bertz CT molecular complexity index is 876. The van der Waals surface area contributed by atoms with Gasteiger partial charge in [0.2, 0.25) is 5.95 Å². The monoisotopic (exact) mass is 372 g/mol. The number of rotatable bonds is 4. The van der Waals surface area contributed by atoms with Gasteiger partial charge in [-0.15, -0.1) is 0 Å². The average Bonchev–Trinajstić information content (AvgIpc) is 2.90. The summed E-state index contributed by atoms with van der Waals surface area (Å²) in [6.07, 6.45) is -0.367. The van der Waals surface area contributed by atoms with Crippen molar-refractivity contribution in [3.8, 4) is 5.75 Å². The molecule has 144 valence electrons. The Morgan fingerprint density at radius 2 is 1.93 bits per heavy atom. The molecular formula is C19H24N4O4. The molecule has 0 saturated heterocycles. The number of benzene rings is 1. The van der Waals surface area contributed by atoms with Crippen molar-refractivity contribution in [2.45, 2.75) is 18.9 Å². The maximum absolute atomic E-state index is 12.7. The van der Waals surface area contributed by atoms with Crippen molar-refractivity contribution in [1.82, 2.24) is 14.9 Å². The first-order valence-electron chi connectivity index (χ1n) is 8.81. The molecule has 0 saturated carbocycles. The molecule has 2 heterocycles. The van der Waals surface area contributed by atoms with Gasteiger partial charge in [-0.3, -0.25) is 14.6 Å². The fourth-order valence-electron chi connectivity index (χ4n) is 3.13. The molecule has 0 aliphatic carbocycles. The number of anilines is 1. The number of aliphatic hydroxyl groups excluding tert-OH is 1. The molecule has 27 heavy (non-hydrogen) atoms. The van der Waals surface area contributed by atoms with E-state index in [0.717, 1.165) is 0 Å². The van der Waals surface area contributed by atoms with Gasteiger partial charge in [0.1, 0.15) is 5.75 Å². The van der Waals surface area contributed by atoms with Gasteiger partial charge in [0, 0.05) is 39.2 Å². The fraction of sp³-hybridized carbons (Fsp3) is 0.421. The van der Waals surface area contributed by atoms with E-state index in [-0.39, 0.29) is 11.5 Å². The second-order valence-corrected chi connectivity index (χ2v) is 6.71. The second-order valence-electron chi connectivity index (χ2n) is 6.71. The van der Waals surface area contributed by atoms with Gasteiger partial charge in [-0.25, -0.2) is 4.98 Å². The van der Waals surface area contributed by atoms with E-state index in [1.807, 2.05) is 14.1 Å². The lowest BCUT2D eigenvalue weighted by Crippen LogP contribution is -2.37. The number of methoxy groups -OCH3 is 1. The summed E-state index contributed by atoms with van der Waals surface area (Å²) < 4.78 is 5.10. The van der Waals surface area contributed by atoms with Crippen LogP contribution in [0, 0.1) is 0 Å². The van der Waals surface area contributed by atoms with Crippen molar-refractivity contribution in [2.75, 3.05) is 39.2 Å². The summed E-state index contributed by atoms with van der Waals surface area (Å²) in [6.45, 7) is 0.771. The number of hydrogen-bond donors (Lipinski definition) is 2. The molecule has 2 N–H and O–H groups in total. The summed E-state index contributed by atoms with van der Waals surface area (Å²) in [5.74, 6) is 0.777. The molecule has 0 bridgehead atoms. The summed E-state index contributed by atoms with van der Waals surface area (Å²) in [5.41, 5.74) is 1.65. The Hall–Kier alpha value is -2.87. The third kappa shape index (κ3) is 3.95. The number of fused-ring (bicyclic) bond motifs is 1. The Morgan fingerprint density at radius 3 is 2.56 bits per heavy atom. The molecular weight excluding hydrogens is 348 g/mol. The third-order valence-corrected chi connectivity index (χ3v) is 4.74. The summed E-state index contributed by atoms with van der Waals surface area (Å²) in [7, 11) is 5.17. The molecule has 1 amide bonds. The molecule has 3 rings (SSSR count). The van der Waals surface area contributed by atoms with E-state index in [1.54, 1.807) is 41.2 Å². The van der Waals surface area contributed by atoms with Crippen LogP contribution in [0.25, 0.3) is 0 Å². The summed E-state index contributed by atoms with van der Waals surface area (Å²) >= 11 is 0. The summed E-state index contributed by atoms with van der Waals surface area (Å²) in [4.78, 5) is 35.7. The van der Waals surface area contributed by atoms with Gasteiger partial charge in [0.05, 0.1) is 12.8 Å². The van der Waals surface area contributed by atoms with Crippen molar-refractivity contribution in [1.29, 1.82) is 0 Å². The average molecular weight is 372 g/mol. The Kier molecular flexibility index (Phi) is 5.46.